The maximum Gasteiger partial charge on any atom is 0.235 e. The Morgan fingerprint density at radius 2 is 1.58 bits per heavy atom. The number of rotatable bonds is 6. The SMILES string of the molecule is CC(C)c1cccc(C(C)C)c1OCCS(=O)(=O)Cl. The van der Waals surface area contributed by atoms with Crippen molar-refractivity contribution in [3.63, 3.8) is 0 Å². The van der Waals surface area contributed by atoms with Crippen molar-refractivity contribution in [3.8, 4) is 5.75 Å². The van der Waals surface area contributed by atoms with Gasteiger partial charge in [-0.05, 0) is 23.0 Å². The van der Waals surface area contributed by atoms with Crippen molar-refractivity contribution in [1.29, 1.82) is 0 Å². The van der Waals surface area contributed by atoms with Crippen molar-refractivity contribution in [2.75, 3.05) is 12.4 Å². The van der Waals surface area contributed by atoms with Gasteiger partial charge in [-0.15, -0.1) is 0 Å². The van der Waals surface area contributed by atoms with Crippen LogP contribution in [-0.4, -0.2) is 20.8 Å². The molecule has 0 aliphatic carbocycles. The van der Waals surface area contributed by atoms with Crippen LogP contribution in [0.1, 0.15) is 50.7 Å². The minimum atomic E-state index is -3.51. The van der Waals surface area contributed by atoms with Crippen LogP contribution in [0.25, 0.3) is 0 Å². The molecule has 0 saturated heterocycles. The third-order valence-corrected chi connectivity index (χ3v) is 4.01. The topological polar surface area (TPSA) is 43.4 Å². The van der Waals surface area contributed by atoms with Crippen molar-refractivity contribution in [3.05, 3.63) is 29.3 Å². The van der Waals surface area contributed by atoms with E-state index < -0.39 is 9.05 Å². The highest BCUT2D eigenvalue weighted by Gasteiger charge is 2.15. The summed E-state index contributed by atoms with van der Waals surface area (Å²) in [6.07, 6.45) is 0. The molecule has 0 aliphatic rings. The first-order valence-electron chi connectivity index (χ1n) is 6.40. The number of hydrogen-bond acceptors (Lipinski definition) is 3. The van der Waals surface area contributed by atoms with E-state index in [4.69, 9.17) is 15.4 Å². The second kappa shape index (κ2) is 6.62. The van der Waals surface area contributed by atoms with Crippen LogP contribution >= 0.6 is 10.7 Å². The first-order chi connectivity index (χ1) is 8.72. The largest absolute Gasteiger partial charge is 0.492 e. The summed E-state index contributed by atoms with van der Waals surface area (Å²) < 4.78 is 27.6. The van der Waals surface area contributed by atoms with E-state index in [0.29, 0.717) is 11.8 Å². The van der Waals surface area contributed by atoms with Gasteiger partial charge in [-0.3, -0.25) is 0 Å². The third-order valence-electron chi connectivity index (χ3n) is 2.89. The monoisotopic (exact) mass is 304 g/mol. The van der Waals surface area contributed by atoms with E-state index in [1.807, 2.05) is 18.2 Å². The van der Waals surface area contributed by atoms with Crippen LogP contribution in [0.15, 0.2) is 18.2 Å². The fraction of sp³-hybridized carbons (Fsp3) is 0.571. The summed E-state index contributed by atoms with van der Waals surface area (Å²) in [4.78, 5) is 0. The molecule has 1 aromatic carbocycles. The van der Waals surface area contributed by atoms with Crippen LogP contribution in [0.3, 0.4) is 0 Å². The molecule has 0 fully saturated rings. The van der Waals surface area contributed by atoms with Crippen LogP contribution in [0.5, 0.6) is 5.75 Å². The summed E-state index contributed by atoms with van der Waals surface area (Å²) in [6, 6.07) is 6.04. The minimum Gasteiger partial charge on any atom is -0.492 e. The Morgan fingerprint density at radius 1 is 1.11 bits per heavy atom. The maximum absolute atomic E-state index is 10.9. The van der Waals surface area contributed by atoms with Crippen molar-refractivity contribution >= 4 is 19.7 Å². The van der Waals surface area contributed by atoms with Crippen LogP contribution in [-0.2, 0) is 9.05 Å². The van der Waals surface area contributed by atoms with Gasteiger partial charge in [0.15, 0.2) is 0 Å². The van der Waals surface area contributed by atoms with Gasteiger partial charge in [0.05, 0.1) is 5.75 Å². The Hall–Kier alpha value is -0.740. The van der Waals surface area contributed by atoms with Crippen LogP contribution in [0, 0.1) is 0 Å². The average Bonchev–Trinajstić information content (AvgIpc) is 2.26. The molecular weight excluding hydrogens is 284 g/mol. The van der Waals surface area contributed by atoms with Gasteiger partial charge in [0.25, 0.3) is 0 Å². The first kappa shape index (κ1) is 16.3. The third kappa shape index (κ3) is 5.03. The lowest BCUT2D eigenvalue weighted by atomic mass is 9.94. The lowest BCUT2D eigenvalue weighted by Gasteiger charge is -2.19. The van der Waals surface area contributed by atoms with E-state index >= 15 is 0 Å². The average molecular weight is 305 g/mol. The van der Waals surface area contributed by atoms with E-state index in [-0.39, 0.29) is 12.4 Å². The van der Waals surface area contributed by atoms with E-state index in [0.717, 1.165) is 16.9 Å². The van der Waals surface area contributed by atoms with E-state index in [2.05, 4.69) is 27.7 Å². The summed E-state index contributed by atoms with van der Waals surface area (Å²) in [7, 11) is 1.68. The van der Waals surface area contributed by atoms with Gasteiger partial charge >= 0.3 is 0 Å². The van der Waals surface area contributed by atoms with E-state index in [1.165, 1.54) is 0 Å². The van der Waals surface area contributed by atoms with Crippen LogP contribution in [0.4, 0.5) is 0 Å². The van der Waals surface area contributed by atoms with Crippen LogP contribution in [0.2, 0.25) is 0 Å². The van der Waals surface area contributed by atoms with E-state index in [9.17, 15) is 8.42 Å². The zero-order valence-corrected chi connectivity index (χ0v) is 13.4. The molecule has 0 aromatic heterocycles. The standard InChI is InChI=1S/C14H21ClO3S/c1-10(2)12-6-5-7-13(11(3)4)14(12)18-8-9-19(15,16)17/h5-7,10-11H,8-9H2,1-4H3. The Balaban J connectivity index is 3.01. The molecule has 3 nitrogen and oxygen atoms in total. The lowest BCUT2D eigenvalue weighted by Crippen LogP contribution is -2.12. The summed E-state index contributed by atoms with van der Waals surface area (Å²) in [6.45, 7) is 8.43. The molecule has 0 radical (unpaired) electrons. The summed E-state index contributed by atoms with van der Waals surface area (Å²) >= 11 is 0. The molecule has 1 rings (SSSR count). The zero-order chi connectivity index (χ0) is 14.6. The first-order valence-corrected chi connectivity index (χ1v) is 8.88. The minimum absolute atomic E-state index is 0.0787. The predicted molar refractivity (Wildman–Crippen MR) is 79.8 cm³/mol. The van der Waals surface area contributed by atoms with Gasteiger partial charge in [0, 0.05) is 10.7 Å². The number of halogens is 1. The molecule has 0 spiro atoms. The number of ether oxygens (including phenoxy) is 1. The molecule has 108 valence electrons. The smallest absolute Gasteiger partial charge is 0.235 e. The molecule has 19 heavy (non-hydrogen) atoms. The highest BCUT2D eigenvalue weighted by atomic mass is 35.7. The Kier molecular flexibility index (Phi) is 5.68. The highest BCUT2D eigenvalue weighted by molar-refractivity contribution is 8.13. The second-order valence-electron chi connectivity index (χ2n) is 5.17. The zero-order valence-electron chi connectivity index (χ0n) is 11.8. The lowest BCUT2D eigenvalue weighted by molar-refractivity contribution is 0.331. The second-order valence-corrected chi connectivity index (χ2v) is 8.06. The number of hydrogen-bond donors (Lipinski definition) is 0. The molecule has 5 heteroatoms. The molecule has 0 N–H and O–H groups in total. The predicted octanol–water partition coefficient (Wildman–Crippen LogP) is 3.88. The van der Waals surface area contributed by atoms with Gasteiger partial charge in [-0.25, -0.2) is 8.42 Å². The molecular formula is C14H21ClO3S. The summed E-state index contributed by atoms with van der Waals surface area (Å²) in [5.41, 5.74) is 2.19. The van der Waals surface area contributed by atoms with Gasteiger partial charge in [0.2, 0.25) is 9.05 Å². The van der Waals surface area contributed by atoms with Crippen molar-refractivity contribution in [2.45, 2.75) is 39.5 Å². The molecule has 0 bridgehead atoms. The molecule has 1 aromatic rings. The quantitative estimate of drug-likeness (QED) is 0.749. The van der Waals surface area contributed by atoms with Crippen molar-refractivity contribution in [2.24, 2.45) is 0 Å². The van der Waals surface area contributed by atoms with Gasteiger partial charge < -0.3 is 4.74 Å². The fourth-order valence-corrected chi connectivity index (χ4v) is 2.36. The van der Waals surface area contributed by atoms with Crippen LogP contribution < -0.4 is 4.74 Å². The fourth-order valence-electron chi connectivity index (χ4n) is 1.89. The number of para-hydroxylation sites is 1. The summed E-state index contributed by atoms with van der Waals surface area (Å²) in [5, 5.41) is 0. The summed E-state index contributed by atoms with van der Waals surface area (Å²) in [5.74, 6) is 1.26. The number of benzene rings is 1. The normalized spacial score (nSPS) is 12.2. The molecule has 0 atom stereocenters. The maximum atomic E-state index is 10.9. The van der Waals surface area contributed by atoms with Crippen molar-refractivity contribution < 1.29 is 13.2 Å². The van der Waals surface area contributed by atoms with Gasteiger partial charge in [0.1, 0.15) is 12.4 Å². The molecule has 0 aliphatic heterocycles. The van der Waals surface area contributed by atoms with Gasteiger partial charge in [-0.2, -0.15) is 0 Å². The van der Waals surface area contributed by atoms with E-state index in [1.54, 1.807) is 0 Å². The molecule has 0 unspecified atom stereocenters. The van der Waals surface area contributed by atoms with Gasteiger partial charge in [-0.1, -0.05) is 45.9 Å². The Morgan fingerprint density at radius 3 is 1.95 bits per heavy atom. The Labute approximate surface area is 120 Å². The molecule has 0 amide bonds. The molecule has 0 saturated carbocycles. The van der Waals surface area contributed by atoms with Crippen molar-refractivity contribution in [1.82, 2.24) is 0 Å². The highest BCUT2D eigenvalue weighted by Crippen LogP contribution is 2.34. The Bertz CT molecular complexity index is 495. The molecule has 0 heterocycles.